The number of likely N-dealkylation sites (tertiary alicyclic amines) is 1. The zero-order valence-corrected chi connectivity index (χ0v) is 17.5. The predicted molar refractivity (Wildman–Crippen MR) is 117 cm³/mol. The van der Waals surface area contributed by atoms with Crippen LogP contribution in [0.25, 0.3) is 11.1 Å². The monoisotopic (exact) mass is 415 g/mol. The van der Waals surface area contributed by atoms with Gasteiger partial charge >= 0.3 is 0 Å². The van der Waals surface area contributed by atoms with Crippen LogP contribution in [-0.4, -0.2) is 51.8 Å². The Morgan fingerprint density at radius 2 is 1.71 bits per heavy atom. The number of rotatable bonds is 5. The van der Waals surface area contributed by atoms with Gasteiger partial charge in [0, 0.05) is 56.1 Å². The van der Waals surface area contributed by atoms with Crippen LogP contribution >= 0.6 is 0 Å². The number of nitrogens with zero attached hydrogens (tertiary/aromatic N) is 4. The van der Waals surface area contributed by atoms with Crippen LogP contribution in [-0.2, 0) is 11.2 Å². The Bertz CT molecular complexity index is 1050. The Labute approximate surface area is 181 Å². The first-order valence-electron chi connectivity index (χ1n) is 10.4. The minimum absolute atomic E-state index is 0.0148. The van der Waals surface area contributed by atoms with Crippen molar-refractivity contribution in [2.45, 2.75) is 19.3 Å². The van der Waals surface area contributed by atoms with Crippen molar-refractivity contribution in [3.05, 3.63) is 78.6 Å². The second-order valence-corrected chi connectivity index (χ2v) is 7.89. The smallest absolute Gasteiger partial charge is 0.253 e. The van der Waals surface area contributed by atoms with E-state index in [4.69, 9.17) is 0 Å². The van der Waals surface area contributed by atoms with E-state index in [9.17, 15) is 9.59 Å². The third-order valence-corrected chi connectivity index (χ3v) is 6.01. The second kappa shape index (κ2) is 9.04. The van der Waals surface area contributed by atoms with Crippen LogP contribution in [0.15, 0.2) is 67.5 Å². The Balaban J connectivity index is 1.53. The van der Waals surface area contributed by atoms with Crippen molar-refractivity contribution < 1.29 is 9.59 Å². The summed E-state index contributed by atoms with van der Waals surface area (Å²) >= 11 is 0. The number of hydrogen-bond donors (Lipinski definition) is 1. The van der Waals surface area contributed by atoms with Crippen molar-refractivity contribution in [3.8, 4) is 11.1 Å². The van der Waals surface area contributed by atoms with Crippen molar-refractivity contribution in [2.24, 2.45) is 5.41 Å². The van der Waals surface area contributed by atoms with Crippen molar-refractivity contribution in [1.82, 2.24) is 25.2 Å². The van der Waals surface area contributed by atoms with Gasteiger partial charge in [0.15, 0.2) is 0 Å². The highest BCUT2D eigenvalue weighted by molar-refractivity contribution is 5.94. The van der Waals surface area contributed by atoms with Crippen LogP contribution in [0.2, 0.25) is 0 Å². The first-order chi connectivity index (χ1) is 15.1. The average Bonchev–Trinajstić information content (AvgIpc) is 2.85. The Morgan fingerprint density at radius 3 is 2.39 bits per heavy atom. The summed E-state index contributed by atoms with van der Waals surface area (Å²) in [6.45, 7) is 1.08. The highest BCUT2D eigenvalue weighted by atomic mass is 16.2. The summed E-state index contributed by atoms with van der Waals surface area (Å²) < 4.78 is 0. The van der Waals surface area contributed by atoms with Gasteiger partial charge in [0.25, 0.3) is 5.91 Å². The average molecular weight is 415 g/mol. The molecule has 2 amide bonds. The fourth-order valence-electron chi connectivity index (χ4n) is 4.26. The van der Waals surface area contributed by atoms with E-state index in [1.54, 1.807) is 44.0 Å². The number of nitrogens with one attached hydrogen (secondary N) is 1. The summed E-state index contributed by atoms with van der Waals surface area (Å²) in [6, 6.07) is 11.6. The quantitative estimate of drug-likeness (QED) is 0.692. The van der Waals surface area contributed by atoms with Crippen molar-refractivity contribution in [2.75, 3.05) is 20.1 Å². The minimum atomic E-state index is -0.546. The van der Waals surface area contributed by atoms with Gasteiger partial charge in [-0.15, -0.1) is 0 Å². The molecule has 31 heavy (non-hydrogen) atoms. The van der Waals surface area contributed by atoms with Gasteiger partial charge in [0.05, 0.1) is 5.41 Å². The van der Waals surface area contributed by atoms with Crippen LogP contribution in [0, 0.1) is 5.41 Å². The van der Waals surface area contributed by atoms with Gasteiger partial charge in [-0.1, -0.05) is 24.3 Å². The van der Waals surface area contributed by atoms with Gasteiger partial charge in [-0.25, -0.2) is 9.97 Å². The van der Waals surface area contributed by atoms with E-state index in [2.05, 4.69) is 26.3 Å². The lowest BCUT2D eigenvalue weighted by Crippen LogP contribution is -2.50. The topological polar surface area (TPSA) is 88.1 Å². The lowest BCUT2D eigenvalue weighted by Gasteiger charge is -2.40. The van der Waals surface area contributed by atoms with Gasteiger partial charge in [-0.2, -0.15) is 0 Å². The van der Waals surface area contributed by atoms with Gasteiger partial charge < -0.3 is 10.2 Å². The Morgan fingerprint density at radius 1 is 1.00 bits per heavy atom. The summed E-state index contributed by atoms with van der Waals surface area (Å²) in [7, 11) is 1.68. The molecule has 0 radical (unpaired) electrons. The highest BCUT2D eigenvalue weighted by Gasteiger charge is 2.42. The molecule has 1 saturated heterocycles. The highest BCUT2D eigenvalue weighted by Crippen LogP contribution is 2.36. The first kappa shape index (κ1) is 20.7. The van der Waals surface area contributed by atoms with Crippen LogP contribution in [0.4, 0.5) is 0 Å². The molecule has 7 nitrogen and oxygen atoms in total. The third-order valence-electron chi connectivity index (χ3n) is 6.01. The molecule has 0 aliphatic carbocycles. The third kappa shape index (κ3) is 4.45. The van der Waals surface area contributed by atoms with Crippen molar-refractivity contribution in [3.63, 3.8) is 0 Å². The molecule has 0 atom stereocenters. The predicted octanol–water partition coefficient (Wildman–Crippen LogP) is 2.75. The zero-order valence-electron chi connectivity index (χ0n) is 17.5. The van der Waals surface area contributed by atoms with Crippen molar-refractivity contribution in [1.29, 1.82) is 0 Å². The molecule has 158 valence electrons. The van der Waals surface area contributed by atoms with E-state index < -0.39 is 5.41 Å². The molecule has 7 heteroatoms. The molecule has 1 fully saturated rings. The minimum Gasteiger partial charge on any atom is -0.359 e. The largest absolute Gasteiger partial charge is 0.359 e. The maximum absolute atomic E-state index is 13.0. The summed E-state index contributed by atoms with van der Waals surface area (Å²) in [5, 5.41) is 2.85. The van der Waals surface area contributed by atoms with E-state index in [1.165, 1.54) is 6.33 Å². The Kier molecular flexibility index (Phi) is 6.02. The normalized spacial score (nSPS) is 15.3. The number of benzene rings is 1. The molecular formula is C24H25N5O2. The molecule has 0 spiro atoms. The fourth-order valence-corrected chi connectivity index (χ4v) is 4.26. The lowest BCUT2D eigenvalue weighted by molar-refractivity contribution is -0.133. The standard InChI is InChI=1S/C24H25N5O2/c1-25-23(31)24(7-11-29(12-8-24)22(30)19-5-9-26-10-6-19)14-18-3-2-4-20(13-18)21-15-27-17-28-16-21/h2-6,9-10,13,15-17H,7-8,11-12,14H2,1H3,(H,25,31). The van der Waals surface area contributed by atoms with E-state index in [-0.39, 0.29) is 11.8 Å². The zero-order chi connectivity index (χ0) is 21.7. The van der Waals surface area contributed by atoms with E-state index in [1.807, 2.05) is 23.1 Å². The Hall–Kier alpha value is -3.61. The van der Waals surface area contributed by atoms with Crippen LogP contribution in [0.5, 0.6) is 0 Å². The van der Waals surface area contributed by atoms with E-state index in [0.717, 1.165) is 16.7 Å². The number of carbonyl (C=O) groups is 2. The SMILES string of the molecule is CNC(=O)C1(Cc2cccc(-c3cncnc3)c2)CCN(C(=O)c2ccncc2)CC1. The number of amides is 2. The van der Waals surface area contributed by atoms with Crippen molar-refractivity contribution >= 4 is 11.8 Å². The molecule has 1 aliphatic rings. The van der Waals surface area contributed by atoms with E-state index in [0.29, 0.717) is 37.9 Å². The molecule has 3 aromatic rings. The summed E-state index contributed by atoms with van der Waals surface area (Å²) in [5.41, 5.74) is 3.13. The maximum Gasteiger partial charge on any atom is 0.253 e. The van der Waals surface area contributed by atoms with Gasteiger partial charge in [0.2, 0.25) is 5.91 Å². The van der Waals surface area contributed by atoms with Gasteiger partial charge in [-0.3, -0.25) is 14.6 Å². The number of hydrogen-bond acceptors (Lipinski definition) is 5. The molecule has 1 aliphatic heterocycles. The fraction of sp³-hybridized carbons (Fsp3) is 0.292. The number of piperidine rings is 1. The van der Waals surface area contributed by atoms with Gasteiger partial charge in [0.1, 0.15) is 6.33 Å². The molecule has 3 heterocycles. The number of aromatic nitrogens is 3. The van der Waals surface area contributed by atoms with Crippen LogP contribution < -0.4 is 5.32 Å². The molecule has 4 rings (SSSR count). The number of carbonyl (C=O) groups excluding carboxylic acids is 2. The maximum atomic E-state index is 13.0. The molecule has 0 saturated carbocycles. The molecular weight excluding hydrogens is 390 g/mol. The summed E-state index contributed by atoms with van der Waals surface area (Å²) in [6.07, 6.45) is 10.2. The molecule has 2 aromatic heterocycles. The van der Waals surface area contributed by atoms with E-state index >= 15 is 0 Å². The summed E-state index contributed by atoms with van der Waals surface area (Å²) in [4.78, 5) is 39.7. The lowest BCUT2D eigenvalue weighted by atomic mass is 9.72. The molecule has 1 aromatic carbocycles. The van der Waals surface area contributed by atoms with Crippen LogP contribution in [0.1, 0.15) is 28.8 Å². The van der Waals surface area contributed by atoms with Gasteiger partial charge in [-0.05, 0) is 42.5 Å². The molecule has 0 bridgehead atoms. The second-order valence-electron chi connectivity index (χ2n) is 7.89. The first-order valence-corrected chi connectivity index (χ1v) is 10.4. The molecule has 1 N–H and O–H groups in total. The van der Waals surface area contributed by atoms with Crippen LogP contribution in [0.3, 0.4) is 0 Å². The summed E-state index contributed by atoms with van der Waals surface area (Å²) in [5.74, 6) is 0.0101. The molecule has 0 unspecified atom stereocenters. The number of pyridine rings is 1.